The van der Waals surface area contributed by atoms with Crippen LogP contribution in [0.15, 0.2) is 53.2 Å². The van der Waals surface area contributed by atoms with Crippen LogP contribution in [0, 0.1) is 0 Å². The maximum Gasteiger partial charge on any atom is 0.314 e. The number of hydrogen-bond acceptors (Lipinski definition) is 6. The van der Waals surface area contributed by atoms with Crippen molar-refractivity contribution in [3.63, 3.8) is 0 Å². The van der Waals surface area contributed by atoms with Crippen molar-refractivity contribution in [2.24, 2.45) is 0 Å². The molecule has 0 aliphatic rings. The van der Waals surface area contributed by atoms with Gasteiger partial charge in [-0.15, -0.1) is 15.3 Å². The Morgan fingerprint density at radius 2 is 1.79 bits per heavy atom. The minimum Gasteiger partial charge on any atom is -0.415 e. The molecule has 0 unspecified atom stereocenters. The van der Waals surface area contributed by atoms with Gasteiger partial charge >= 0.3 is 6.43 Å². The SMILES string of the molecule is CCc1ccc(-c2cn(Cc3ccc(-c4nnc(C(F)F)o4)cc3)nn2)cn1. The molecule has 4 aromatic rings. The molecule has 0 amide bonds. The molecule has 0 aliphatic heterocycles. The fraction of sp³-hybridized carbons (Fsp3) is 0.211. The van der Waals surface area contributed by atoms with E-state index in [-0.39, 0.29) is 5.89 Å². The van der Waals surface area contributed by atoms with Gasteiger partial charge in [0.1, 0.15) is 5.69 Å². The Morgan fingerprint density at radius 1 is 1.00 bits per heavy atom. The summed E-state index contributed by atoms with van der Waals surface area (Å²) in [4.78, 5) is 4.37. The summed E-state index contributed by atoms with van der Waals surface area (Å²) < 4.78 is 31.8. The van der Waals surface area contributed by atoms with E-state index in [1.54, 1.807) is 23.0 Å². The lowest BCUT2D eigenvalue weighted by Gasteiger charge is -2.02. The summed E-state index contributed by atoms with van der Waals surface area (Å²) in [6.45, 7) is 2.57. The normalized spacial score (nSPS) is 11.3. The standard InChI is InChI=1S/C19H16F2N6O/c1-2-15-8-7-14(9-22-15)16-11-27(26-23-16)10-12-3-5-13(6-4-12)18-24-25-19(28-18)17(20)21/h3-9,11,17H,2,10H2,1H3. The zero-order valence-corrected chi connectivity index (χ0v) is 15.0. The summed E-state index contributed by atoms with van der Waals surface area (Å²) in [5.74, 6) is -0.622. The molecule has 4 rings (SSSR count). The molecule has 1 aromatic carbocycles. The number of alkyl halides is 2. The lowest BCUT2D eigenvalue weighted by molar-refractivity contribution is 0.116. The van der Waals surface area contributed by atoms with Gasteiger partial charge in [-0.2, -0.15) is 8.78 Å². The molecule has 0 fully saturated rings. The lowest BCUT2D eigenvalue weighted by atomic mass is 10.1. The molecule has 3 heterocycles. The zero-order chi connectivity index (χ0) is 19.5. The molecule has 0 radical (unpaired) electrons. The molecule has 0 saturated heterocycles. The predicted molar refractivity (Wildman–Crippen MR) is 96.4 cm³/mol. The Bertz CT molecular complexity index is 1060. The number of rotatable bonds is 6. The molecule has 0 atom stereocenters. The average Bonchev–Trinajstić information content (AvgIpc) is 3.39. The van der Waals surface area contributed by atoms with E-state index in [1.807, 2.05) is 30.5 Å². The molecule has 0 saturated carbocycles. The Morgan fingerprint density at radius 3 is 2.43 bits per heavy atom. The number of pyridine rings is 1. The first-order chi connectivity index (χ1) is 13.6. The van der Waals surface area contributed by atoms with Gasteiger partial charge in [0.05, 0.1) is 12.7 Å². The number of aryl methyl sites for hydroxylation is 1. The summed E-state index contributed by atoms with van der Waals surface area (Å²) in [6.07, 6.45) is 1.75. The monoisotopic (exact) mass is 382 g/mol. The van der Waals surface area contributed by atoms with E-state index in [0.29, 0.717) is 12.1 Å². The van der Waals surface area contributed by atoms with Gasteiger partial charge in [-0.25, -0.2) is 4.68 Å². The Labute approximate surface area is 159 Å². The van der Waals surface area contributed by atoms with Crippen LogP contribution in [0.4, 0.5) is 8.78 Å². The second-order valence-electron chi connectivity index (χ2n) is 6.14. The third-order valence-electron chi connectivity index (χ3n) is 4.19. The van der Waals surface area contributed by atoms with Crippen molar-refractivity contribution in [1.29, 1.82) is 0 Å². The summed E-state index contributed by atoms with van der Waals surface area (Å²) in [7, 11) is 0. The molecular weight excluding hydrogens is 366 g/mol. The van der Waals surface area contributed by atoms with Crippen LogP contribution < -0.4 is 0 Å². The van der Waals surface area contributed by atoms with E-state index in [1.165, 1.54) is 0 Å². The Kier molecular flexibility index (Phi) is 4.88. The number of nitrogens with zero attached hydrogens (tertiary/aromatic N) is 6. The molecule has 0 aliphatic carbocycles. The highest BCUT2D eigenvalue weighted by Gasteiger charge is 2.16. The number of halogens is 2. The van der Waals surface area contributed by atoms with Crippen LogP contribution in [0.1, 0.15) is 30.5 Å². The predicted octanol–water partition coefficient (Wildman–Crippen LogP) is 3.94. The Hall–Kier alpha value is -3.49. The van der Waals surface area contributed by atoms with Crippen molar-refractivity contribution in [1.82, 2.24) is 30.2 Å². The third kappa shape index (κ3) is 3.78. The number of aromatic nitrogens is 6. The zero-order valence-electron chi connectivity index (χ0n) is 15.0. The van der Waals surface area contributed by atoms with Crippen LogP contribution in [0.2, 0.25) is 0 Å². The first-order valence-corrected chi connectivity index (χ1v) is 8.68. The highest BCUT2D eigenvalue weighted by Crippen LogP contribution is 2.23. The molecule has 0 spiro atoms. The van der Waals surface area contributed by atoms with Crippen molar-refractivity contribution in [2.75, 3.05) is 0 Å². The van der Waals surface area contributed by atoms with E-state index >= 15 is 0 Å². The second kappa shape index (κ2) is 7.63. The van der Waals surface area contributed by atoms with Gasteiger partial charge in [0, 0.05) is 23.0 Å². The van der Waals surface area contributed by atoms with Crippen molar-refractivity contribution >= 4 is 0 Å². The second-order valence-corrected chi connectivity index (χ2v) is 6.14. The van der Waals surface area contributed by atoms with E-state index in [4.69, 9.17) is 4.42 Å². The third-order valence-corrected chi connectivity index (χ3v) is 4.19. The molecule has 142 valence electrons. The van der Waals surface area contributed by atoms with Crippen LogP contribution in [0.3, 0.4) is 0 Å². The highest BCUT2D eigenvalue weighted by atomic mass is 19.3. The van der Waals surface area contributed by atoms with Gasteiger partial charge in [-0.05, 0) is 36.2 Å². The molecule has 28 heavy (non-hydrogen) atoms. The van der Waals surface area contributed by atoms with E-state index in [0.717, 1.165) is 28.9 Å². The van der Waals surface area contributed by atoms with Gasteiger partial charge in [0.25, 0.3) is 5.89 Å². The van der Waals surface area contributed by atoms with Gasteiger partial charge in [0.15, 0.2) is 0 Å². The minimum absolute atomic E-state index is 0.0629. The van der Waals surface area contributed by atoms with Crippen LogP contribution in [0.25, 0.3) is 22.7 Å². The van der Waals surface area contributed by atoms with E-state index < -0.39 is 12.3 Å². The van der Waals surface area contributed by atoms with Crippen molar-refractivity contribution < 1.29 is 13.2 Å². The van der Waals surface area contributed by atoms with Gasteiger partial charge in [0.2, 0.25) is 5.89 Å². The topological polar surface area (TPSA) is 82.5 Å². The molecule has 7 nitrogen and oxygen atoms in total. The average molecular weight is 382 g/mol. The highest BCUT2D eigenvalue weighted by molar-refractivity contribution is 5.56. The molecule has 0 bridgehead atoms. The number of hydrogen-bond donors (Lipinski definition) is 0. The van der Waals surface area contributed by atoms with Crippen LogP contribution >= 0.6 is 0 Å². The number of benzene rings is 1. The fourth-order valence-corrected chi connectivity index (χ4v) is 2.67. The fourth-order valence-electron chi connectivity index (χ4n) is 2.67. The van der Waals surface area contributed by atoms with Gasteiger partial charge in [-0.1, -0.05) is 24.3 Å². The van der Waals surface area contributed by atoms with Gasteiger partial charge < -0.3 is 4.42 Å². The first kappa shape index (κ1) is 17.9. The van der Waals surface area contributed by atoms with E-state index in [2.05, 4.69) is 32.4 Å². The molecule has 9 heteroatoms. The van der Waals surface area contributed by atoms with Gasteiger partial charge in [-0.3, -0.25) is 4.98 Å². The van der Waals surface area contributed by atoms with Crippen LogP contribution in [-0.2, 0) is 13.0 Å². The maximum atomic E-state index is 12.5. The lowest BCUT2D eigenvalue weighted by Crippen LogP contribution is -2.00. The first-order valence-electron chi connectivity index (χ1n) is 8.68. The van der Waals surface area contributed by atoms with Crippen molar-refractivity contribution in [3.05, 3.63) is 65.9 Å². The van der Waals surface area contributed by atoms with E-state index in [9.17, 15) is 8.78 Å². The minimum atomic E-state index is -2.78. The van der Waals surface area contributed by atoms with Crippen molar-refractivity contribution in [2.45, 2.75) is 26.3 Å². The van der Waals surface area contributed by atoms with Crippen LogP contribution in [-0.4, -0.2) is 30.2 Å². The van der Waals surface area contributed by atoms with Crippen LogP contribution in [0.5, 0.6) is 0 Å². The maximum absolute atomic E-state index is 12.5. The molecular formula is C19H16F2N6O. The Balaban J connectivity index is 1.46. The smallest absolute Gasteiger partial charge is 0.314 e. The summed E-state index contributed by atoms with van der Waals surface area (Å²) in [6, 6.07) is 11.1. The largest absolute Gasteiger partial charge is 0.415 e. The molecule has 3 aromatic heterocycles. The summed E-state index contributed by atoms with van der Waals surface area (Å²) in [5, 5.41) is 15.3. The quantitative estimate of drug-likeness (QED) is 0.502. The summed E-state index contributed by atoms with van der Waals surface area (Å²) in [5.41, 5.74) is 4.22. The molecule has 0 N–H and O–H groups in total. The summed E-state index contributed by atoms with van der Waals surface area (Å²) >= 11 is 0. The van der Waals surface area contributed by atoms with Crippen molar-refractivity contribution in [3.8, 4) is 22.7 Å².